The number of carboxylic acids is 1. The van der Waals surface area contributed by atoms with Crippen molar-refractivity contribution in [3.8, 4) is 0 Å². The number of amides is 1. The van der Waals surface area contributed by atoms with E-state index < -0.39 is 5.97 Å². The number of rotatable bonds is 5. The Labute approximate surface area is 108 Å². The number of aromatic carboxylic acids is 1. The molecule has 0 aliphatic heterocycles. The molecule has 0 unspecified atom stereocenters. The lowest BCUT2D eigenvalue weighted by Crippen LogP contribution is -2.28. The van der Waals surface area contributed by atoms with Gasteiger partial charge in [-0.2, -0.15) is 0 Å². The SMILES string of the molecule is Cn1cccc1C(=O)NCCn1cc(C(=O)O)nn1. The van der Waals surface area contributed by atoms with E-state index in [1.165, 1.54) is 10.9 Å². The zero-order chi connectivity index (χ0) is 13.8. The first-order valence-electron chi connectivity index (χ1n) is 5.61. The highest BCUT2D eigenvalue weighted by Gasteiger charge is 2.10. The molecule has 0 aliphatic rings. The Morgan fingerprint density at radius 1 is 1.47 bits per heavy atom. The van der Waals surface area contributed by atoms with Gasteiger partial charge in [-0.3, -0.25) is 4.79 Å². The topological polar surface area (TPSA) is 102 Å². The zero-order valence-corrected chi connectivity index (χ0v) is 10.3. The fourth-order valence-electron chi connectivity index (χ4n) is 1.58. The maximum atomic E-state index is 11.8. The number of aryl methyl sites for hydroxylation is 1. The highest BCUT2D eigenvalue weighted by molar-refractivity contribution is 5.92. The van der Waals surface area contributed by atoms with Crippen molar-refractivity contribution in [3.05, 3.63) is 35.9 Å². The number of carbonyl (C=O) groups is 2. The van der Waals surface area contributed by atoms with Crippen LogP contribution < -0.4 is 5.32 Å². The van der Waals surface area contributed by atoms with Gasteiger partial charge in [-0.1, -0.05) is 5.21 Å². The van der Waals surface area contributed by atoms with E-state index >= 15 is 0 Å². The van der Waals surface area contributed by atoms with E-state index in [1.54, 1.807) is 29.9 Å². The molecule has 0 atom stereocenters. The van der Waals surface area contributed by atoms with E-state index in [1.807, 2.05) is 0 Å². The highest BCUT2D eigenvalue weighted by atomic mass is 16.4. The standard InChI is InChI=1S/C11H13N5O3/c1-15-5-2-3-9(15)10(17)12-4-6-16-7-8(11(18)19)13-14-16/h2-3,5,7H,4,6H2,1H3,(H,12,17)(H,18,19). The third-order valence-corrected chi connectivity index (χ3v) is 2.56. The van der Waals surface area contributed by atoms with Crippen LogP contribution in [0.15, 0.2) is 24.5 Å². The average molecular weight is 263 g/mol. The Kier molecular flexibility index (Phi) is 3.60. The van der Waals surface area contributed by atoms with Crippen LogP contribution in [0.1, 0.15) is 21.0 Å². The van der Waals surface area contributed by atoms with Gasteiger partial charge >= 0.3 is 5.97 Å². The lowest BCUT2D eigenvalue weighted by molar-refractivity contribution is 0.0690. The molecule has 2 aromatic heterocycles. The number of carboxylic acid groups (broad SMARTS) is 1. The fourth-order valence-corrected chi connectivity index (χ4v) is 1.58. The summed E-state index contributed by atoms with van der Waals surface area (Å²) in [7, 11) is 1.78. The number of nitrogens with zero attached hydrogens (tertiary/aromatic N) is 4. The van der Waals surface area contributed by atoms with Crippen molar-refractivity contribution in [1.82, 2.24) is 24.9 Å². The lowest BCUT2D eigenvalue weighted by atomic mass is 10.4. The second-order valence-corrected chi connectivity index (χ2v) is 3.93. The number of hydrogen-bond donors (Lipinski definition) is 2. The molecular formula is C11H13N5O3. The molecule has 0 radical (unpaired) electrons. The Morgan fingerprint density at radius 3 is 2.84 bits per heavy atom. The van der Waals surface area contributed by atoms with Crippen molar-refractivity contribution in [2.24, 2.45) is 7.05 Å². The molecule has 2 aromatic rings. The summed E-state index contributed by atoms with van der Waals surface area (Å²) in [6, 6.07) is 3.50. The Morgan fingerprint density at radius 2 is 2.26 bits per heavy atom. The summed E-state index contributed by atoms with van der Waals surface area (Å²) in [4.78, 5) is 22.4. The van der Waals surface area contributed by atoms with E-state index in [9.17, 15) is 9.59 Å². The summed E-state index contributed by atoms with van der Waals surface area (Å²) in [5.41, 5.74) is 0.443. The number of aromatic nitrogens is 4. The molecule has 19 heavy (non-hydrogen) atoms. The second kappa shape index (κ2) is 5.34. The van der Waals surface area contributed by atoms with E-state index in [0.29, 0.717) is 18.8 Å². The van der Waals surface area contributed by atoms with E-state index in [2.05, 4.69) is 15.6 Å². The lowest BCUT2D eigenvalue weighted by Gasteiger charge is -2.05. The predicted octanol–water partition coefficient (Wildman–Crippen LogP) is -0.255. The normalized spacial score (nSPS) is 10.4. The third kappa shape index (κ3) is 2.97. The summed E-state index contributed by atoms with van der Waals surface area (Å²) >= 11 is 0. The van der Waals surface area contributed by atoms with Crippen molar-refractivity contribution in [2.45, 2.75) is 6.54 Å². The van der Waals surface area contributed by atoms with Crippen LogP contribution in [0.4, 0.5) is 0 Å². The van der Waals surface area contributed by atoms with Crippen LogP contribution >= 0.6 is 0 Å². The number of nitrogens with one attached hydrogen (secondary N) is 1. The fraction of sp³-hybridized carbons (Fsp3) is 0.273. The summed E-state index contributed by atoms with van der Waals surface area (Å²) in [6.45, 7) is 0.697. The molecule has 100 valence electrons. The molecule has 0 aromatic carbocycles. The molecule has 1 amide bonds. The minimum Gasteiger partial charge on any atom is -0.476 e. The third-order valence-electron chi connectivity index (χ3n) is 2.56. The van der Waals surface area contributed by atoms with Gasteiger partial charge < -0.3 is 15.0 Å². The summed E-state index contributed by atoms with van der Waals surface area (Å²) in [5, 5.41) is 18.5. The molecular weight excluding hydrogens is 250 g/mol. The minimum absolute atomic E-state index is 0.117. The monoisotopic (exact) mass is 263 g/mol. The molecule has 0 saturated heterocycles. The first-order valence-corrected chi connectivity index (χ1v) is 5.61. The van der Waals surface area contributed by atoms with Gasteiger partial charge in [0.25, 0.3) is 5.91 Å². The van der Waals surface area contributed by atoms with Crippen molar-refractivity contribution in [2.75, 3.05) is 6.54 Å². The largest absolute Gasteiger partial charge is 0.476 e. The number of hydrogen-bond acceptors (Lipinski definition) is 4. The molecule has 2 heterocycles. The molecule has 0 aliphatic carbocycles. The first kappa shape index (κ1) is 12.8. The Bertz CT molecular complexity index is 601. The minimum atomic E-state index is -1.13. The van der Waals surface area contributed by atoms with Gasteiger partial charge in [-0.05, 0) is 12.1 Å². The van der Waals surface area contributed by atoms with Crippen molar-refractivity contribution in [3.63, 3.8) is 0 Å². The molecule has 0 spiro atoms. The van der Waals surface area contributed by atoms with Gasteiger partial charge in [0.2, 0.25) is 0 Å². The van der Waals surface area contributed by atoms with E-state index in [-0.39, 0.29) is 11.6 Å². The predicted molar refractivity (Wildman–Crippen MR) is 64.7 cm³/mol. The smallest absolute Gasteiger partial charge is 0.358 e. The van der Waals surface area contributed by atoms with Gasteiger partial charge in [0.05, 0.1) is 12.7 Å². The van der Waals surface area contributed by atoms with Crippen LogP contribution in [0, 0.1) is 0 Å². The molecule has 0 bridgehead atoms. The Hall–Kier alpha value is -2.64. The molecule has 2 rings (SSSR count). The quantitative estimate of drug-likeness (QED) is 0.774. The van der Waals surface area contributed by atoms with E-state index in [4.69, 9.17) is 5.11 Å². The summed E-state index contributed by atoms with van der Waals surface area (Å²) < 4.78 is 3.09. The van der Waals surface area contributed by atoms with Gasteiger partial charge in [-0.25, -0.2) is 9.48 Å². The van der Waals surface area contributed by atoms with Crippen LogP contribution in [0.2, 0.25) is 0 Å². The van der Waals surface area contributed by atoms with Gasteiger partial charge in [0, 0.05) is 19.8 Å². The van der Waals surface area contributed by atoms with Crippen LogP contribution in [0.25, 0.3) is 0 Å². The van der Waals surface area contributed by atoms with Gasteiger partial charge in [0.1, 0.15) is 5.69 Å². The second-order valence-electron chi connectivity index (χ2n) is 3.93. The summed E-state index contributed by atoms with van der Waals surface area (Å²) in [5.74, 6) is -1.31. The van der Waals surface area contributed by atoms with Gasteiger partial charge in [-0.15, -0.1) is 5.10 Å². The number of carbonyl (C=O) groups excluding carboxylic acids is 1. The molecule has 0 fully saturated rings. The van der Waals surface area contributed by atoms with Crippen molar-refractivity contribution >= 4 is 11.9 Å². The summed E-state index contributed by atoms with van der Waals surface area (Å²) in [6.07, 6.45) is 3.10. The average Bonchev–Trinajstić information content (AvgIpc) is 2.97. The van der Waals surface area contributed by atoms with E-state index in [0.717, 1.165) is 0 Å². The Balaban J connectivity index is 1.85. The first-order chi connectivity index (χ1) is 9.08. The highest BCUT2D eigenvalue weighted by Crippen LogP contribution is 1.98. The van der Waals surface area contributed by atoms with Crippen molar-refractivity contribution in [1.29, 1.82) is 0 Å². The molecule has 8 heteroatoms. The maximum absolute atomic E-state index is 11.8. The van der Waals surface area contributed by atoms with Crippen LogP contribution in [-0.4, -0.2) is 43.1 Å². The van der Waals surface area contributed by atoms with Crippen LogP contribution in [0.5, 0.6) is 0 Å². The van der Waals surface area contributed by atoms with Gasteiger partial charge in [0.15, 0.2) is 5.69 Å². The zero-order valence-electron chi connectivity index (χ0n) is 10.3. The molecule has 2 N–H and O–H groups in total. The van der Waals surface area contributed by atoms with Crippen LogP contribution in [0.3, 0.4) is 0 Å². The molecule has 0 saturated carbocycles. The maximum Gasteiger partial charge on any atom is 0.358 e. The molecule has 8 nitrogen and oxygen atoms in total. The van der Waals surface area contributed by atoms with Crippen LogP contribution in [-0.2, 0) is 13.6 Å². The van der Waals surface area contributed by atoms with Crippen molar-refractivity contribution < 1.29 is 14.7 Å².